The molecule has 0 spiro atoms. The number of aryl methyl sites for hydroxylation is 1. The van der Waals surface area contributed by atoms with Crippen molar-refractivity contribution in [3.63, 3.8) is 0 Å². The number of phenolic OH excluding ortho intramolecular Hbond substituents is 1. The van der Waals surface area contributed by atoms with Crippen LogP contribution in [0.3, 0.4) is 0 Å². The molecule has 0 bridgehead atoms. The molecule has 0 unspecified atom stereocenters. The predicted molar refractivity (Wildman–Crippen MR) is 53.5 cm³/mol. The molecule has 0 heterocycles. The topological polar surface area (TPSA) is 83.5 Å². The van der Waals surface area contributed by atoms with Crippen molar-refractivity contribution >= 4 is 11.7 Å². The van der Waals surface area contributed by atoms with Crippen LogP contribution in [-0.4, -0.2) is 16.2 Å². The molecule has 0 atom stereocenters. The van der Waals surface area contributed by atoms with Gasteiger partial charge in [0.25, 0.3) is 0 Å². The van der Waals surface area contributed by atoms with Crippen molar-refractivity contribution in [2.45, 2.75) is 19.8 Å². The second kappa shape index (κ2) is 4.00. The zero-order valence-corrected chi connectivity index (χ0v) is 7.95. The van der Waals surface area contributed by atoms with E-state index in [2.05, 4.69) is 0 Å². The Hall–Kier alpha value is -1.71. The molecule has 1 aromatic carbocycles. The lowest BCUT2D eigenvalue weighted by atomic mass is 10.0. The van der Waals surface area contributed by atoms with E-state index in [0.29, 0.717) is 12.0 Å². The molecule has 0 aliphatic rings. The van der Waals surface area contributed by atoms with Crippen LogP contribution in [0.5, 0.6) is 5.75 Å². The number of rotatable bonds is 3. The maximum atomic E-state index is 10.8. The average Bonchev–Trinajstić information content (AvgIpc) is 2.11. The molecule has 4 heteroatoms. The summed E-state index contributed by atoms with van der Waals surface area (Å²) in [5.74, 6) is -1.22. The van der Waals surface area contributed by atoms with E-state index in [4.69, 9.17) is 10.8 Å². The molecule has 0 aromatic heterocycles. The van der Waals surface area contributed by atoms with Crippen molar-refractivity contribution in [1.82, 2.24) is 0 Å². The highest BCUT2D eigenvalue weighted by Crippen LogP contribution is 2.25. The van der Waals surface area contributed by atoms with E-state index in [1.807, 2.05) is 6.92 Å². The van der Waals surface area contributed by atoms with E-state index in [-0.39, 0.29) is 17.0 Å². The number of nitrogens with two attached hydrogens (primary N) is 1. The summed E-state index contributed by atoms with van der Waals surface area (Å²) in [7, 11) is 0. The molecule has 0 aliphatic heterocycles. The van der Waals surface area contributed by atoms with Gasteiger partial charge in [0.1, 0.15) is 5.75 Å². The van der Waals surface area contributed by atoms with Gasteiger partial charge in [-0.15, -0.1) is 0 Å². The second-order valence-electron chi connectivity index (χ2n) is 3.12. The molecule has 4 nitrogen and oxygen atoms in total. The van der Waals surface area contributed by atoms with Crippen molar-refractivity contribution in [2.24, 2.45) is 0 Å². The summed E-state index contributed by atoms with van der Waals surface area (Å²) >= 11 is 0. The molecule has 14 heavy (non-hydrogen) atoms. The van der Waals surface area contributed by atoms with Crippen LogP contribution in [0, 0.1) is 0 Å². The van der Waals surface area contributed by atoms with Gasteiger partial charge in [-0.3, -0.25) is 0 Å². The monoisotopic (exact) mass is 195 g/mol. The zero-order chi connectivity index (χ0) is 10.7. The van der Waals surface area contributed by atoms with Gasteiger partial charge < -0.3 is 15.9 Å². The van der Waals surface area contributed by atoms with Crippen LogP contribution in [0.4, 0.5) is 5.69 Å². The number of anilines is 1. The first-order valence-corrected chi connectivity index (χ1v) is 4.41. The molecule has 0 aliphatic carbocycles. The quantitative estimate of drug-likeness (QED) is 0.505. The van der Waals surface area contributed by atoms with E-state index < -0.39 is 5.97 Å². The SMILES string of the molecule is CCCc1cc(N)c(O)cc1C(=O)O. The van der Waals surface area contributed by atoms with Crippen LogP contribution >= 0.6 is 0 Å². The van der Waals surface area contributed by atoms with Gasteiger partial charge in [-0.05, 0) is 24.1 Å². The van der Waals surface area contributed by atoms with E-state index in [1.165, 1.54) is 12.1 Å². The number of hydrogen-bond acceptors (Lipinski definition) is 3. The molecule has 0 saturated heterocycles. The Bertz CT molecular complexity index is 361. The third kappa shape index (κ3) is 1.96. The highest BCUT2D eigenvalue weighted by Gasteiger charge is 2.12. The Morgan fingerprint density at radius 1 is 1.50 bits per heavy atom. The normalized spacial score (nSPS) is 10.1. The number of nitrogen functional groups attached to an aromatic ring is 1. The third-order valence-corrected chi connectivity index (χ3v) is 2.00. The van der Waals surface area contributed by atoms with E-state index in [9.17, 15) is 9.90 Å². The minimum atomic E-state index is -1.04. The smallest absolute Gasteiger partial charge is 0.336 e. The molecule has 4 N–H and O–H groups in total. The summed E-state index contributed by atoms with van der Waals surface area (Å²) in [5.41, 5.74) is 6.48. The van der Waals surface area contributed by atoms with Gasteiger partial charge in [0.05, 0.1) is 11.3 Å². The number of benzene rings is 1. The van der Waals surface area contributed by atoms with Crippen LogP contribution in [0.25, 0.3) is 0 Å². The van der Waals surface area contributed by atoms with Crippen molar-refractivity contribution in [2.75, 3.05) is 5.73 Å². The fourth-order valence-electron chi connectivity index (χ4n) is 1.33. The summed E-state index contributed by atoms with van der Waals surface area (Å²) < 4.78 is 0. The summed E-state index contributed by atoms with van der Waals surface area (Å²) in [4.78, 5) is 10.8. The lowest BCUT2D eigenvalue weighted by Crippen LogP contribution is -2.03. The predicted octanol–water partition coefficient (Wildman–Crippen LogP) is 1.63. The van der Waals surface area contributed by atoms with Crippen molar-refractivity contribution in [3.05, 3.63) is 23.3 Å². The second-order valence-corrected chi connectivity index (χ2v) is 3.12. The molecule has 0 radical (unpaired) electrons. The van der Waals surface area contributed by atoms with Crippen molar-refractivity contribution < 1.29 is 15.0 Å². The van der Waals surface area contributed by atoms with Crippen molar-refractivity contribution in [1.29, 1.82) is 0 Å². The van der Waals surface area contributed by atoms with Crippen molar-refractivity contribution in [3.8, 4) is 5.75 Å². The molecule has 0 amide bonds. The maximum absolute atomic E-state index is 10.8. The Morgan fingerprint density at radius 2 is 2.14 bits per heavy atom. The number of carbonyl (C=O) groups is 1. The largest absolute Gasteiger partial charge is 0.506 e. The number of carboxylic acid groups (broad SMARTS) is 1. The Kier molecular flexibility index (Phi) is 2.96. The molecule has 1 aromatic rings. The van der Waals surface area contributed by atoms with E-state index in [1.54, 1.807) is 0 Å². The molecule has 0 fully saturated rings. The van der Waals surface area contributed by atoms with Gasteiger partial charge in [-0.25, -0.2) is 4.79 Å². The number of carboxylic acids is 1. The summed E-state index contributed by atoms with van der Waals surface area (Å²) in [5, 5.41) is 18.1. The van der Waals surface area contributed by atoms with Crippen LogP contribution in [-0.2, 0) is 6.42 Å². The van der Waals surface area contributed by atoms with Crippen LogP contribution in [0.1, 0.15) is 29.3 Å². The standard InChI is InChI=1S/C10H13NO3/c1-2-3-6-4-8(11)9(12)5-7(6)10(13)14/h4-5,12H,2-3,11H2,1H3,(H,13,14). The Morgan fingerprint density at radius 3 is 2.64 bits per heavy atom. The number of aromatic hydroxyl groups is 1. The van der Waals surface area contributed by atoms with Gasteiger partial charge in [0.15, 0.2) is 0 Å². The molecule has 1 rings (SSSR count). The van der Waals surface area contributed by atoms with E-state index >= 15 is 0 Å². The Labute approximate surface area is 82.0 Å². The van der Waals surface area contributed by atoms with Crippen LogP contribution in [0.2, 0.25) is 0 Å². The number of aromatic carboxylic acids is 1. The summed E-state index contributed by atoms with van der Waals surface area (Å²) in [6.45, 7) is 1.95. The lowest BCUT2D eigenvalue weighted by Gasteiger charge is -2.07. The third-order valence-electron chi connectivity index (χ3n) is 2.00. The molecular formula is C10H13NO3. The molecule has 0 saturated carbocycles. The fourth-order valence-corrected chi connectivity index (χ4v) is 1.33. The molecule has 76 valence electrons. The first kappa shape index (κ1) is 10.4. The summed E-state index contributed by atoms with van der Waals surface area (Å²) in [6.07, 6.45) is 1.48. The summed E-state index contributed by atoms with van der Waals surface area (Å²) in [6, 6.07) is 2.71. The maximum Gasteiger partial charge on any atom is 0.336 e. The first-order valence-electron chi connectivity index (χ1n) is 4.41. The van der Waals surface area contributed by atoms with Gasteiger partial charge in [0.2, 0.25) is 0 Å². The highest BCUT2D eigenvalue weighted by atomic mass is 16.4. The average molecular weight is 195 g/mol. The minimum absolute atomic E-state index is 0.124. The fraction of sp³-hybridized carbons (Fsp3) is 0.300. The van der Waals surface area contributed by atoms with Gasteiger partial charge in [-0.2, -0.15) is 0 Å². The van der Waals surface area contributed by atoms with E-state index in [0.717, 1.165) is 6.42 Å². The number of phenols is 1. The number of hydrogen-bond donors (Lipinski definition) is 3. The zero-order valence-electron chi connectivity index (χ0n) is 7.95. The van der Waals surface area contributed by atoms with Gasteiger partial charge in [-0.1, -0.05) is 13.3 Å². The lowest BCUT2D eigenvalue weighted by molar-refractivity contribution is 0.0695. The van der Waals surface area contributed by atoms with Gasteiger partial charge in [0, 0.05) is 0 Å². The highest BCUT2D eigenvalue weighted by molar-refractivity contribution is 5.91. The Balaban J connectivity index is 3.24. The van der Waals surface area contributed by atoms with Crippen LogP contribution < -0.4 is 5.73 Å². The van der Waals surface area contributed by atoms with Crippen LogP contribution in [0.15, 0.2) is 12.1 Å². The molecular weight excluding hydrogens is 182 g/mol. The van der Waals surface area contributed by atoms with Gasteiger partial charge >= 0.3 is 5.97 Å². The minimum Gasteiger partial charge on any atom is -0.506 e. The first-order chi connectivity index (χ1) is 6.56.